The molecule has 420 valence electrons. The number of primary amides is 1. The third kappa shape index (κ3) is 13.8. The summed E-state index contributed by atoms with van der Waals surface area (Å²) in [6.07, 6.45) is -0.843. The molecule has 0 spiro atoms. The Labute approximate surface area is 466 Å². The van der Waals surface area contributed by atoms with Crippen molar-refractivity contribution in [3.05, 3.63) is 94.3 Å². The molecule has 2 saturated heterocycles. The third-order valence-corrected chi connectivity index (χ3v) is 15.4. The van der Waals surface area contributed by atoms with Gasteiger partial charge in [0.25, 0.3) is 0 Å². The van der Waals surface area contributed by atoms with Crippen LogP contribution in [-0.4, -0.2) is 167 Å². The molecule has 2 aliphatic rings. The van der Waals surface area contributed by atoms with E-state index in [4.69, 9.17) is 31.8 Å². The number of ether oxygens (including phenoxy) is 2. The second kappa shape index (κ2) is 25.3. The monoisotopic (exact) mass is 1120 g/mol. The molecule has 6 amide bonds. The number of likely N-dealkylation sites (tertiary alicyclic amines) is 1. The normalized spacial score (nSPS) is 16.5. The van der Waals surface area contributed by atoms with Crippen molar-refractivity contribution < 1.29 is 48.0 Å². The Kier molecular flexibility index (Phi) is 18.5. The number of aliphatic hydroxyl groups is 1. The molecule has 2 aliphatic heterocycles. The fourth-order valence-electron chi connectivity index (χ4n) is 9.79. The number of anilines is 2. The number of likely N-dealkylation sites (N-methyl/N-ethyl adjacent to an activating group) is 1. The predicted molar refractivity (Wildman–Crippen MR) is 301 cm³/mol. The number of amides is 6. The van der Waals surface area contributed by atoms with Gasteiger partial charge in [-0.3, -0.25) is 19.2 Å². The lowest BCUT2D eigenvalue weighted by molar-refractivity contribution is -0.144. The number of phenolic OH excluding ortho intramolecular Hbond substituents is 1. The maximum atomic E-state index is 17.0. The SMILES string of the molecule is Cc1ncsc1-c1ccc([C@H](C)NC(=O)[C@@H]2C[C@@H](O)CN2C(=O)C(NC(=O)COCCOCCN(C)C(=O)CCNc2nc(N3CCN(C(N)=O)CC3)c3cc(Cl)c(-c4cc(O)cc5ccccc45)c(F)c3n2)C(C)(C)C)cc1. The maximum Gasteiger partial charge on any atom is 0.314 e. The number of aliphatic hydroxyl groups excluding tert-OH is 1. The summed E-state index contributed by atoms with van der Waals surface area (Å²) in [5, 5.41) is 31.9. The Morgan fingerprint density at radius 2 is 1.68 bits per heavy atom. The Balaban J connectivity index is 0.798. The minimum absolute atomic E-state index is 0.0277. The number of halogens is 2. The van der Waals surface area contributed by atoms with Crippen molar-refractivity contribution in [2.45, 2.75) is 71.7 Å². The van der Waals surface area contributed by atoms with E-state index < -0.39 is 53.2 Å². The van der Waals surface area contributed by atoms with E-state index in [2.05, 4.69) is 25.9 Å². The van der Waals surface area contributed by atoms with Gasteiger partial charge in [-0.2, -0.15) is 4.98 Å². The summed E-state index contributed by atoms with van der Waals surface area (Å²) in [4.78, 5) is 87.1. The number of thiazole rings is 1. The molecule has 0 bridgehead atoms. The molecule has 0 radical (unpaired) electrons. The molecule has 1 unspecified atom stereocenters. The van der Waals surface area contributed by atoms with E-state index in [1.165, 1.54) is 20.8 Å². The molecule has 79 heavy (non-hydrogen) atoms. The van der Waals surface area contributed by atoms with Gasteiger partial charge in [-0.1, -0.05) is 80.9 Å². The van der Waals surface area contributed by atoms with Gasteiger partial charge in [0.15, 0.2) is 5.82 Å². The van der Waals surface area contributed by atoms with Gasteiger partial charge in [0.05, 0.1) is 53.1 Å². The largest absolute Gasteiger partial charge is 0.508 e. The van der Waals surface area contributed by atoms with Crippen molar-refractivity contribution in [1.82, 2.24) is 40.3 Å². The quantitative estimate of drug-likeness (QED) is 0.0463. The summed E-state index contributed by atoms with van der Waals surface area (Å²) < 4.78 is 28.3. The van der Waals surface area contributed by atoms with Crippen molar-refractivity contribution in [1.29, 1.82) is 0 Å². The Hall–Kier alpha value is -7.24. The lowest BCUT2D eigenvalue weighted by atomic mass is 9.85. The highest BCUT2D eigenvalue weighted by molar-refractivity contribution is 7.13. The molecule has 4 atom stereocenters. The van der Waals surface area contributed by atoms with Gasteiger partial charge in [-0.05, 0) is 64.9 Å². The standard InChI is InChI=1S/C56H67ClFN11O9S/c1-32(34-11-13-35(14-12-34)49-33(2)61-31-79-49)62-52(74)43-27-38(71)29-69(43)53(75)50(56(3,4)5)63-44(72)30-78-24-23-77-22-21-66(6)45(73)15-16-60-55-64-48-41(51(65-55)67-17-19-68(20-18-67)54(59)76)28-42(57)46(47(48)58)40-26-37(70)25-36-9-7-8-10-39(36)40/h7-14,25-26,28,31-32,38,43,50,70-71H,15-24,27,29-30H2,1-6H3,(H2,59,76)(H,62,74)(H,63,72)(H,60,64,65)/t32-,38+,43-,50?/m0/s1. The van der Waals surface area contributed by atoms with Crippen LogP contribution in [0.2, 0.25) is 5.02 Å². The molecule has 6 aromatic rings. The molecule has 2 aromatic heterocycles. The van der Waals surface area contributed by atoms with Gasteiger partial charge in [-0.15, -0.1) is 11.3 Å². The number of carbonyl (C=O) groups excluding carboxylic acids is 5. The Morgan fingerprint density at radius 3 is 2.38 bits per heavy atom. The number of β-amino-alcohol motifs (C(OH)–C–C–N with tert-alkyl or cyclic N) is 1. The summed E-state index contributed by atoms with van der Waals surface area (Å²) in [6, 6.07) is 16.8. The number of urea groups is 1. The van der Waals surface area contributed by atoms with Crippen LogP contribution in [0, 0.1) is 18.2 Å². The smallest absolute Gasteiger partial charge is 0.314 e. The summed E-state index contributed by atoms with van der Waals surface area (Å²) in [6.45, 7) is 10.8. The molecule has 7 N–H and O–H groups in total. The number of fused-ring (bicyclic) bond motifs is 2. The molecule has 2 fully saturated rings. The van der Waals surface area contributed by atoms with Crippen LogP contribution >= 0.6 is 22.9 Å². The van der Waals surface area contributed by atoms with E-state index >= 15 is 4.39 Å². The number of rotatable bonds is 20. The fourth-order valence-corrected chi connectivity index (χ4v) is 10.9. The summed E-state index contributed by atoms with van der Waals surface area (Å²) in [7, 11) is 1.63. The maximum absolute atomic E-state index is 17.0. The van der Waals surface area contributed by atoms with Crippen LogP contribution in [0.4, 0.5) is 21.0 Å². The molecular weight excluding hydrogens is 1060 g/mol. The number of carbonyl (C=O) groups is 5. The van der Waals surface area contributed by atoms with Crippen molar-refractivity contribution in [2.24, 2.45) is 11.1 Å². The van der Waals surface area contributed by atoms with Gasteiger partial charge in [-0.25, -0.2) is 19.2 Å². The Bertz CT molecular complexity index is 3210. The first-order valence-corrected chi connectivity index (χ1v) is 27.4. The van der Waals surface area contributed by atoms with Crippen LogP contribution in [0.3, 0.4) is 0 Å². The minimum Gasteiger partial charge on any atom is -0.508 e. The number of aryl methyl sites for hydroxylation is 1. The van der Waals surface area contributed by atoms with Gasteiger partial charge in [0, 0.05) is 76.7 Å². The highest BCUT2D eigenvalue weighted by atomic mass is 35.5. The molecule has 23 heteroatoms. The number of nitrogens with two attached hydrogens (primary N) is 1. The number of piperazine rings is 1. The van der Waals surface area contributed by atoms with Crippen molar-refractivity contribution in [3.8, 4) is 27.3 Å². The second-order valence-corrected chi connectivity index (χ2v) is 22.1. The highest BCUT2D eigenvalue weighted by Crippen LogP contribution is 2.42. The van der Waals surface area contributed by atoms with Crippen LogP contribution in [0.15, 0.2) is 72.2 Å². The van der Waals surface area contributed by atoms with Gasteiger partial charge in [0.2, 0.25) is 29.6 Å². The van der Waals surface area contributed by atoms with Crippen LogP contribution in [0.25, 0.3) is 43.2 Å². The molecular formula is C56H67ClFN11O9S. The van der Waals surface area contributed by atoms with Crippen molar-refractivity contribution >= 4 is 86.0 Å². The zero-order chi connectivity index (χ0) is 56.7. The fraction of sp³-hybridized carbons (Fsp3) is 0.429. The van der Waals surface area contributed by atoms with E-state index in [-0.39, 0.29) is 98.7 Å². The lowest BCUT2D eigenvalue weighted by Gasteiger charge is -2.35. The summed E-state index contributed by atoms with van der Waals surface area (Å²) in [5.41, 5.74) is 9.81. The average Bonchev–Trinajstić information content (AvgIpc) is 4.05. The highest BCUT2D eigenvalue weighted by Gasteiger charge is 2.45. The molecule has 0 saturated carbocycles. The third-order valence-electron chi connectivity index (χ3n) is 14.2. The molecule has 4 aromatic carbocycles. The van der Waals surface area contributed by atoms with Gasteiger partial charge < -0.3 is 61.0 Å². The minimum atomic E-state index is -1.03. The van der Waals surface area contributed by atoms with Crippen molar-refractivity contribution in [2.75, 3.05) is 89.5 Å². The first kappa shape index (κ1) is 57.9. The summed E-state index contributed by atoms with van der Waals surface area (Å²) >= 11 is 8.42. The number of phenols is 1. The zero-order valence-electron chi connectivity index (χ0n) is 45.1. The number of benzene rings is 4. The van der Waals surface area contributed by atoms with Crippen LogP contribution < -0.4 is 26.6 Å². The van der Waals surface area contributed by atoms with Crippen LogP contribution in [0.5, 0.6) is 5.75 Å². The molecule has 20 nitrogen and oxygen atoms in total. The number of aromatic nitrogens is 3. The van der Waals surface area contributed by atoms with Crippen molar-refractivity contribution in [3.63, 3.8) is 0 Å². The predicted octanol–water partition coefficient (Wildman–Crippen LogP) is 6.24. The first-order chi connectivity index (χ1) is 37.7. The number of nitrogens with zero attached hydrogens (tertiary/aromatic N) is 7. The Morgan fingerprint density at radius 1 is 0.962 bits per heavy atom. The van der Waals surface area contributed by atoms with Crippen LogP contribution in [-0.2, 0) is 28.7 Å². The van der Waals surface area contributed by atoms with E-state index in [1.54, 1.807) is 62.9 Å². The average molecular weight is 1120 g/mol. The number of hydrogen-bond donors (Lipinski definition) is 6. The summed E-state index contributed by atoms with van der Waals surface area (Å²) in [5.74, 6) is -2.02. The van der Waals surface area contributed by atoms with E-state index in [1.807, 2.05) is 61.2 Å². The van der Waals surface area contributed by atoms with Crippen LogP contribution in [0.1, 0.15) is 57.8 Å². The van der Waals surface area contributed by atoms with E-state index in [9.17, 15) is 34.2 Å². The number of aromatic hydroxyl groups is 1. The van der Waals surface area contributed by atoms with E-state index in [0.29, 0.717) is 53.7 Å². The topological polar surface area (TPSA) is 258 Å². The molecule has 4 heterocycles. The molecule has 0 aliphatic carbocycles. The van der Waals surface area contributed by atoms with E-state index in [0.717, 1.165) is 21.7 Å². The number of hydrogen-bond acceptors (Lipinski definition) is 15. The first-order valence-electron chi connectivity index (χ1n) is 26.1. The zero-order valence-corrected chi connectivity index (χ0v) is 46.6. The molecule has 8 rings (SSSR count). The van der Waals surface area contributed by atoms with Gasteiger partial charge >= 0.3 is 6.03 Å². The lowest BCUT2D eigenvalue weighted by Crippen LogP contribution is -2.58. The number of nitrogens with one attached hydrogen (secondary N) is 3. The second-order valence-electron chi connectivity index (χ2n) is 20.9. The van der Waals surface area contributed by atoms with Gasteiger partial charge in [0.1, 0.15) is 35.8 Å².